The van der Waals surface area contributed by atoms with Crippen molar-refractivity contribution >= 4 is 23.5 Å². The van der Waals surface area contributed by atoms with Crippen molar-refractivity contribution in [2.24, 2.45) is 7.05 Å². The predicted molar refractivity (Wildman–Crippen MR) is 108 cm³/mol. The molecular formula is C19H23FN6OS. The highest BCUT2D eigenvalue weighted by Crippen LogP contribution is 2.26. The Hall–Kier alpha value is -2.68. The van der Waals surface area contributed by atoms with E-state index in [2.05, 4.69) is 34.5 Å². The number of nitrogens with zero attached hydrogens (tertiary/aromatic N) is 5. The summed E-state index contributed by atoms with van der Waals surface area (Å²) in [7, 11) is 1.82. The van der Waals surface area contributed by atoms with Crippen molar-refractivity contribution in [3.63, 3.8) is 0 Å². The fourth-order valence-corrected chi connectivity index (χ4v) is 3.46. The number of thioether (sulfide) groups is 1. The quantitative estimate of drug-likeness (QED) is 0.606. The third-order valence-corrected chi connectivity index (χ3v) is 5.65. The summed E-state index contributed by atoms with van der Waals surface area (Å²) in [5, 5.41) is 15.8. The maximum Gasteiger partial charge on any atom is 0.238 e. The van der Waals surface area contributed by atoms with Crippen LogP contribution in [0.2, 0.25) is 0 Å². The van der Waals surface area contributed by atoms with Gasteiger partial charge in [-0.1, -0.05) is 18.7 Å². The molecule has 1 aromatic carbocycles. The molecule has 0 spiro atoms. The third kappa shape index (κ3) is 4.24. The number of aromatic nitrogens is 5. The molecule has 0 bridgehead atoms. The third-order valence-electron chi connectivity index (χ3n) is 4.52. The van der Waals surface area contributed by atoms with E-state index in [0.717, 1.165) is 12.0 Å². The van der Waals surface area contributed by atoms with Crippen LogP contribution in [0.1, 0.15) is 33.2 Å². The van der Waals surface area contributed by atoms with E-state index in [-0.39, 0.29) is 23.0 Å². The topological polar surface area (TPSA) is 77.6 Å². The number of amides is 1. The van der Waals surface area contributed by atoms with Gasteiger partial charge in [-0.15, -0.1) is 10.2 Å². The normalized spacial score (nSPS) is 13.3. The summed E-state index contributed by atoms with van der Waals surface area (Å²) >= 11 is 1.31. The molecule has 0 aliphatic carbocycles. The van der Waals surface area contributed by atoms with Crippen molar-refractivity contribution in [2.75, 3.05) is 5.32 Å². The Morgan fingerprint density at radius 2 is 1.93 bits per heavy atom. The second-order valence-electron chi connectivity index (χ2n) is 6.54. The van der Waals surface area contributed by atoms with Gasteiger partial charge in [-0.3, -0.25) is 4.79 Å². The van der Waals surface area contributed by atoms with E-state index < -0.39 is 0 Å². The maximum atomic E-state index is 13.1. The lowest BCUT2D eigenvalue weighted by Gasteiger charge is -2.16. The monoisotopic (exact) mass is 402 g/mol. The standard InChI is InChI=1S/C19H23FN6OS/c1-5-12(2)26-16(10-11-21-26)22-18(27)13(3)28-19-24-23-17(25(19)4)14-6-8-15(20)9-7-14/h6-13H,5H2,1-4H3,(H,22,27)/t12-,13-/m1/s1. The summed E-state index contributed by atoms with van der Waals surface area (Å²) in [5.41, 5.74) is 0.762. The first-order valence-corrected chi connectivity index (χ1v) is 9.95. The number of nitrogens with one attached hydrogen (secondary N) is 1. The number of anilines is 1. The van der Waals surface area contributed by atoms with Crippen LogP contribution in [0, 0.1) is 5.82 Å². The molecule has 0 saturated carbocycles. The van der Waals surface area contributed by atoms with Gasteiger partial charge in [0.25, 0.3) is 0 Å². The first kappa shape index (κ1) is 20.1. The van der Waals surface area contributed by atoms with Gasteiger partial charge in [0, 0.05) is 18.7 Å². The molecule has 0 aliphatic rings. The first-order chi connectivity index (χ1) is 13.4. The van der Waals surface area contributed by atoms with Crippen molar-refractivity contribution in [1.82, 2.24) is 24.5 Å². The molecule has 0 saturated heterocycles. The molecule has 2 aromatic heterocycles. The zero-order valence-corrected chi connectivity index (χ0v) is 17.1. The van der Waals surface area contributed by atoms with Crippen LogP contribution in [0.5, 0.6) is 0 Å². The molecular weight excluding hydrogens is 379 g/mol. The van der Waals surface area contributed by atoms with Crippen LogP contribution < -0.4 is 5.32 Å². The van der Waals surface area contributed by atoms with Crippen LogP contribution in [0.3, 0.4) is 0 Å². The van der Waals surface area contributed by atoms with Gasteiger partial charge in [0.2, 0.25) is 5.91 Å². The molecule has 148 valence electrons. The molecule has 0 fully saturated rings. The van der Waals surface area contributed by atoms with Gasteiger partial charge in [0.1, 0.15) is 11.6 Å². The number of hydrogen-bond acceptors (Lipinski definition) is 5. The van der Waals surface area contributed by atoms with Gasteiger partial charge in [-0.2, -0.15) is 5.10 Å². The minimum absolute atomic E-state index is 0.138. The van der Waals surface area contributed by atoms with Crippen LogP contribution >= 0.6 is 11.8 Å². The average molecular weight is 402 g/mol. The van der Waals surface area contributed by atoms with E-state index >= 15 is 0 Å². The Morgan fingerprint density at radius 1 is 1.21 bits per heavy atom. The molecule has 1 amide bonds. The Morgan fingerprint density at radius 3 is 2.61 bits per heavy atom. The number of rotatable bonds is 7. The molecule has 7 nitrogen and oxygen atoms in total. The van der Waals surface area contributed by atoms with Crippen molar-refractivity contribution < 1.29 is 9.18 Å². The molecule has 0 radical (unpaired) electrons. The number of carbonyl (C=O) groups excluding carboxylic acids is 1. The van der Waals surface area contributed by atoms with Crippen LogP contribution in [0.25, 0.3) is 11.4 Å². The molecule has 9 heteroatoms. The van der Waals surface area contributed by atoms with E-state index in [1.807, 2.05) is 18.7 Å². The zero-order chi connectivity index (χ0) is 20.3. The highest BCUT2D eigenvalue weighted by atomic mass is 32.2. The second-order valence-corrected chi connectivity index (χ2v) is 7.85. The van der Waals surface area contributed by atoms with E-state index in [1.54, 1.807) is 29.0 Å². The van der Waals surface area contributed by atoms with Crippen LogP contribution in [0.15, 0.2) is 41.7 Å². The van der Waals surface area contributed by atoms with Crippen molar-refractivity contribution in [3.8, 4) is 11.4 Å². The zero-order valence-electron chi connectivity index (χ0n) is 16.3. The van der Waals surface area contributed by atoms with Gasteiger partial charge in [-0.05, 0) is 44.5 Å². The molecule has 3 aromatic rings. The van der Waals surface area contributed by atoms with Gasteiger partial charge < -0.3 is 9.88 Å². The first-order valence-electron chi connectivity index (χ1n) is 9.07. The fourth-order valence-electron chi connectivity index (χ4n) is 2.64. The summed E-state index contributed by atoms with van der Waals surface area (Å²) < 4.78 is 16.7. The summed E-state index contributed by atoms with van der Waals surface area (Å²) in [6.45, 7) is 5.94. The Balaban J connectivity index is 1.70. The van der Waals surface area contributed by atoms with Crippen LogP contribution in [0.4, 0.5) is 10.2 Å². The highest BCUT2D eigenvalue weighted by molar-refractivity contribution is 8.00. The van der Waals surface area contributed by atoms with Gasteiger partial charge in [0.15, 0.2) is 11.0 Å². The molecule has 0 unspecified atom stereocenters. The second kappa shape index (κ2) is 8.55. The van der Waals surface area contributed by atoms with E-state index in [1.165, 1.54) is 23.9 Å². The molecule has 3 rings (SSSR count). The summed E-state index contributed by atoms with van der Waals surface area (Å²) in [4.78, 5) is 12.6. The molecule has 0 aliphatic heterocycles. The lowest BCUT2D eigenvalue weighted by molar-refractivity contribution is -0.115. The summed E-state index contributed by atoms with van der Waals surface area (Å²) in [6, 6.07) is 8.06. The molecule has 28 heavy (non-hydrogen) atoms. The average Bonchev–Trinajstić information content (AvgIpc) is 3.29. The number of carbonyl (C=O) groups is 1. The molecule has 2 atom stereocenters. The maximum absolute atomic E-state index is 13.1. The predicted octanol–water partition coefficient (Wildman–Crippen LogP) is 3.91. The van der Waals surface area contributed by atoms with Crippen LogP contribution in [-0.2, 0) is 11.8 Å². The lowest BCUT2D eigenvalue weighted by Crippen LogP contribution is -2.25. The van der Waals surface area contributed by atoms with Crippen molar-refractivity contribution in [2.45, 2.75) is 43.6 Å². The van der Waals surface area contributed by atoms with E-state index in [4.69, 9.17) is 0 Å². The van der Waals surface area contributed by atoms with E-state index in [0.29, 0.717) is 16.8 Å². The Kier molecular flexibility index (Phi) is 6.13. The SMILES string of the molecule is CC[C@@H](C)n1nccc1NC(=O)[C@@H](C)Sc1nnc(-c2ccc(F)cc2)n1C. The minimum Gasteiger partial charge on any atom is -0.310 e. The van der Waals surface area contributed by atoms with Gasteiger partial charge in [0.05, 0.1) is 17.5 Å². The van der Waals surface area contributed by atoms with Gasteiger partial charge >= 0.3 is 0 Å². The van der Waals surface area contributed by atoms with Crippen LogP contribution in [-0.4, -0.2) is 35.7 Å². The minimum atomic E-state index is -0.385. The number of hydrogen-bond donors (Lipinski definition) is 1. The molecule has 1 N–H and O–H groups in total. The fraction of sp³-hybridized carbons (Fsp3) is 0.368. The lowest BCUT2D eigenvalue weighted by atomic mass is 10.2. The number of benzene rings is 1. The Labute approximate surface area is 167 Å². The van der Waals surface area contributed by atoms with Crippen molar-refractivity contribution in [1.29, 1.82) is 0 Å². The molecule has 2 heterocycles. The van der Waals surface area contributed by atoms with Crippen molar-refractivity contribution in [3.05, 3.63) is 42.3 Å². The summed E-state index contributed by atoms with van der Waals surface area (Å²) in [6.07, 6.45) is 2.59. The van der Waals surface area contributed by atoms with Gasteiger partial charge in [-0.25, -0.2) is 9.07 Å². The summed E-state index contributed by atoms with van der Waals surface area (Å²) in [5.74, 6) is 0.852. The number of halogens is 1. The Bertz CT molecular complexity index is 952. The highest BCUT2D eigenvalue weighted by Gasteiger charge is 2.21. The largest absolute Gasteiger partial charge is 0.310 e. The van der Waals surface area contributed by atoms with E-state index in [9.17, 15) is 9.18 Å². The smallest absolute Gasteiger partial charge is 0.238 e.